The van der Waals surface area contributed by atoms with Crippen LogP contribution in [0.1, 0.15) is 62.1 Å². The van der Waals surface area contributed by atoms with Gasteiger partial charge in [0.1, 0.15) is 42.6 Å². The average Bonchev–Trinajstić information content (AvgIpc) is 4.04. The van der Waals surface area contributed by atoms with Crippen LogP contribution in [0.25, 0.3) is 0 Å². The number of esters is 1. The van der Waals surface area contributed by atoms with E-state index in [1.807, 2.05) is 95.7 Å². The molecule has 2 N–H and O–H groups in total. The van der Waals surface area contributed by atoms with Crippen LogP contribution < -0.4 is 10.6 Å². The van der Waals surface area contributed by atoms with Crippen LogP contribution in [-0.4, -0.2) is 89.0 Å². The highest BCUT2D eigenvalue weighted by molar-refractivity contribution is 5.87. The molecule has 0 spiro atoms. The van der Waals surface area contributed by atoms with E-state index in [-0.39, 0.29) is 19.6 Å². The fourth-order valence-corrected chi connectivity index (χ4v) is 8.76. The molecule has 0 saturated carbocycles. The third kappa shape index (κ3) is 8.74. The van der Waals surface area contributed by atoms with Crippen molar-refractivity contribution in [2.24, 2.45) is 0 Å². The van der Waals surface area contributed by atoms with Gasteiger partial charge in [-0.3, -0.25) is 9.59 Å². The quantitative estimate of drug-likeness (QED) is 0.0998. The van der Waals surface area contributed by atoms with E-state index in [0.29, 0.717) is 5.69 Å². The van der Waals surface area contributed by atoms with E-state index in [2.05, 4.69) is 47.0 Å². The number of benzene rings is 4. The Morgan fingerprint density at radius 3 is 1.90 bits per heavy atom. The predicted molar refractivity (Wildman–Crippen MR) is 225 cm³/mol. The van der Waals surface area contributed by atoms with Gasteiger partial charge in [-0.05, 0) is 49.9 Å². The van der Waals surface area contributed by atoms with Crippen molar-refractivity contribution in [3.05, 3.63) is 162 Å². The normalized spacial score (nSPS) is 24.1. The molecule has 0 radical (unpaired) electrons. The SMILES string of the molecule is COC(=O)C[C@@]1(NC(=O)[C@@H](Cc2cn(C(c3ccccc3)(c3ccccc3)c3ccccc3)cn2)NC(=O)OCc2ccccc2)O[C@@H]([C@@H]2COC(C)(C)O2)[C@H]2OC(C)(C)O[C@H]21. The maximum absolute atomic E-state index is 14.9. The first-order valence-corrected chi connectivity index (χ1v) is 20.7. The monoisotopic (exact) mass is 844 g/mol. The van der Waals surface area contributed by atoms with Crippen LogP contribution in [0, 0.1) is 0 Å². The molecule has 0 bridgehead atoms. The van der Waals surface area contributed by atoms with Crippen LogP contribution in [0.4, 0.5) is 4.79 Å². The van der Waals surface area contributed by atoms with Gasteiger partial charge in [-0.15, -0.1) is 0 Å². The van der Waals surface area contributed by atoms with E-state index in [9.17, 15) is 14.4 Å². The number of imidazole rings is 1. The summed E-state index contributed by atoms with van der Waals surface area (Å²) in [5.41, 5.74) is 1.48. The number of hydrogen-bond donors (Lipinski definition) is 2. The van der Waals surface area contributed by atoms with Crippen LogP contribution in [-0.2, 0) is 61.3 Å². The average molecular weight is 845 g/mol. The number of alkyl carbamates (subject to hydrolysis) is 1. The molecule has 6 atom stereocenters. The molecule has 14 nitrogen and oxygen atoms in total. The first kappa shape index (κ1) is 42.8. The summed E-state index contributed by atoms with van der Waals surface area (Å²) in [4.78, 5) is 46.6. The van der Waals surface area contributed by atoms with Gasteiger partial charge >= 0.3 is 12.1 Å². The van der Waals surface area contributed by atoms with Crippen molar-refractivity contribution in [1.82, 2.24) is 20.2 Å². The third-order valence-electron chi connectivity index (χ3n) is 11.5. The number of amides is 2. The lowest BCUT2D eigenvalue weighted by Gasteiger charge is -2.37. The lowest BCUT2D eigenvalue weighted by molar-refractivity contribution is -0.235. The molecule has 4 aromatic carbocycles. The van der Waals surface area contributed by atoms with Crippen LogP contribution in [0.3, 0.4) is 0 Å². The number of carbonyl (C=O) groups excluding carboxylic acids is 3. The number of methoxy groups -OCH3 is 1. The predicted octanol–water partition coefficient (Wildman–Crippen LogP) is 6.01. The summed E-state index contributed by atoms with van der Waals surface area (Å²) < 4.78 is 44.3. The molecule has 2 amide bonds. The Labute approximate surface area is 360 Å². The minimum Gasteiger partial charge on any atom is -0.469 e. The van der Waals surface area contributed by atoms with Gasteiger partial charge in [0.2, 0.25) is 5.91 Å². The summed E-state index contributed by atoms with van der Waals surface area (Å²) in [5, 5.41) is 5.77. The highest BCUT2D eigenvalue weighted by Crippen LogP contribution is 2.47. The molecular weight excluding hydrogens is 793 g/mol. The van der Waals surface area contributed by atoms with Gasteiger partial charge < -0.3 is 48.4 Å². The highest BCUT2D eigenvalue weighted by Gasteiger charge is 2.67. The zero-order chi connectivity index (χ0) is 43.5. The van der Waals surface area contributed by atoms with Gasteiger partial charge in [0.15, 0.2) is 17.3 Å². The van der Waals surface area contributed by atoms with Crippen molar-refractivity contribution in [2.75, 3.05) is 13.7 Å². The third-order valence-corrected chi connectivity index (χ3v) is 11.5. The number of hydrogen-bond acceptors (Lipinski definition) is 11. The van der Waals surface area contributed by atoms with E-state index in [0.717, 1.165) is 22.3 Å². The van der Waals surface area contributed by atoms with Gasteiger partial charge in [-0.1, -0.05) is 121 Å². The standard InChI is InChI=1S/C48H52N4O10/c1-45(2)58-30-38(59-45)40-41-42(62-46(3,4)60-41)47(61-40,27-39(53)56-5)51-43(54)37(50-44(55)57-29-32-18-10-6-11-19-32)26-36-28-52(31-49-36)48(33-20-12-7-13-21-33,34-22-14-8-15-23-34)35-24-16-9-17-25-35/h6-25,28,31,37-38,40-42H,26-27,29-30H2,1-5H3,(H,50,55)(H,51,54)/t37-,38+,40+,41-,42-,47-/m1/s1. The van der Waals surface area contributed by atoms with Crippen LogP contribution in [0.15, 0.2) is 134 Å². The number of ether oxygens (including phenoxy) is 7. The molecule has 3 saturated heterocycles. The van der Waals surface area contributed by atoms with Crippen molar-refractivity contribution in [3.8, 4) is 0 Å². The Morgan fingerprint density at radius 1 is 0.774 bits per heavy atom. The fourth-order valence-electron chi connectivity index (χ4n) is 8.76. The Balaban J connectivity index is 1.16. The summed E-state index contributed by atoms with van der Waals surface area (Å²) in [5.74, 6) is -3.40. The van der Waals surface area contributed by atoms with Crippen LogP contribution >= 0.6 is 0 Å². The van der Waals surface area contributed by atoms with Crippen molar-refractivity contribution < 1.29 is 47.5 Å². The Kier molecular flexibility index (Phi) is 12.0. The molecule has 0 unspecified atom stereocenters. The zero-order valence-electron chi connectivity index (χ0n) is 35.4. The molecule has 14 heteroatoms. The molecular formula is C48H52N4O10. The lowest BCUT2D eigenvalue weighted by atomic mass is 9.77. The van der Waals surface area contributed by atoms with E-state index in [1.54, 1.807) is 34.0 Å². The molecule has 3 fully saturated rings. The first-order valence-electron chi connectivity index (χ1n) is 20.7. The van der Waals surface area contributed by atoms with Gasteiger partial charge in [-0.2, -0.15) is 0 Å². The second-order valence-electron chi connectivity index (χ2n) is 16.6. The van der Waals surface area contributed by atoms with Crippen molar-refractivity contribution in [3.63, 3.8) is 0 Å². The van der Waals surface area contributed by atoms with Crippen LogP contribution in [0.5, 0.6) is 0 Å². The smallest absolute Gasteiger partial charge is 0.408 e. The zero-order valence-corrected chi connectivity index (χ0v) is 35.4. The van der Waals surface area contributed by atoms with Gasteiger partial charge in [0, 0.05) is 12.6 Å². The van der Waals surface area contributed by atoms with E-state index in [4.69, 9.17) is 38.1 Å². The number of aromatic nitrogens is 2. The minimum absolute atomic E-state index is 0.0374. The Hall–Kier alpha value is -5.90. The summed E-state index contributed by atoms with van der Waals surface area (Å²) in [6, 6.07) is 38.2. The number of nitrogens with zero attached hydrogens (tertiary/aromatic N) is 2. The first-order chi connectivity index (χ1) is 29.8. The molecule has 8 rings (SSSR count). The second kappa shape index (κ2) is 17.5. The number of rotatable bonds is 14. The summed E-state index contributed by atoms with van der Waals surface area (Å²) in [6.07, 6.45) is -0.995. The van der Waals surface area contributed by atoms with Crippen molar-refractivity contribution >= 4 is 18.0 Å². The molecule has 3 aliphatic rings. The highest BCUT2D eigenvalue weighted by atomic mass is 16.8. The Bertz CT molecular complexity index is 2230. The maximum atomic E-state index is 14.9. The summed E-state index contributed by atoms with van der Waals surface area (Å²) >= 11 is 0. The maximum Gasteiger partial charge on any atom is 0.408 e. The molecule has 1 aromatic heterocycles. The van der Waals surface area contributed by atoms with Crippen LogP contribution in [0.2, 0.25) is 0 Å². The number of fused-ring (bicyclic) bond motifs is 1. The van der Waals surface area contributed by atoms with Crippen molar-refractivity contribution in [2.45, 2.75) is 100 Å². The molecule has 5 aromatic rings. The van der Waals surface area contributed by atoms with E-state index < -0.39 is 77.7 Å². The van der Waals surface area contributed by atoms with Gasteiger partial charge in [-0.25, -0.2) is 9.78 Å². The lowest BCUT2D eigenvalue weighted by Crippen LogP contribution is -2.62. The largest absolute Gasteiger partial charge is 0.469 e. The fraction of sp³-hybridized carbons (Fsp3) is 0.375. The summed E-state index contributed by atoms with van der Waals surface area (Å²) in [7, 11) is 1.25. The molecule has 0 aliphatic carbocycles. The number of nitrogens with one attached hydrogen (secondary N) is 2. The topological polar surface area (TPSA) is 158 Å². The molecule has 4 heterocycles. The second-order valence-corrected chi connectivity index (χ2v) is 16.6. The summed E-state index contributed by atoms with van der Waals surface area (Å²) in [6.45, 7) is 7.20. The molecule has 62 heavy (non-hydrogen) atoms. The molecule has 324 valence electrons. The van der Waals surface area contributed by atoms with E-state index >= 15 is 0 Å². The Morgan fingerprint density at radius 2 is 1.35 bits per heavy atom. The van der Waals surface area contributed by atoms with E-state index in [1.165, 1.54) is 7.11 Å². The molecule has 3 aliphatic heterocycles. The van der Waals surface area contributed by atoms with Gasteiger partial charge in [0.25, 0.3) is 0 Å². The van der Waals surface area contributed by atoms with Gasteiger partial charge in [0.05, 0.1) is 32.2 Å². The van der Waals surface area contributed by atoms with Crippen molar-refractivity contribution in [1.29, 1.82) is 0 Å². The minimum atomic E-state index is -1.82. The number of carbonyl (C=O) groups is 3.